The molecule has 0 aliphatic carbocycles. The zero-order valence-electron chi connectivity index (χ0n) is 13.6. The monoisotopic (exact) mass is 374 g/mol. The quantitative estimate of drug-likeness (QED) is 0.713. The number of imidazole rings is 1. The second-order valence-corrected chi connectivity index (χ2v) is 7.93. The average Bonchev–Trinajstić information content (AvgIpc) is 3.36. The fourth-order valence-corrected chi connectivity index (χ4v) is 4.60. The van der Waals surface area contributed by atoms with Gasteiger partial charge in [0.25, 0.3) is 0 Å². The summed E-state index contributed by atoms with van der Waals surface area (Å²) in [6, 6.07) is 3.62. The highest BCUT2D eigenvalue weighted by atomic mass is 32.1. The summed E-state index contributed by atoms with van der Waals surface area (Å²) in [6.45, 7) is 1.58. The van der Waals surface area contributed by atoms with Crippen molar-refractivity contribution in [3.63, 3.8) is 0 Å². The molecule has 8 heteroatoms. The number of amides is 2. The fraction of sp³-hybridized carbons (Fsp3) is 0.353. The van der Waals surface area contributed by atoms with Crippen LogP contribution in [-0.4, -0.2) is 39.2 Å². The van der Waals surface area contributed by atoms with Crippen LogP contribution in [0.4, 0.5) is 4.79 Å². The fourth-order valence-electron chi connectivity index (χ4n) is 3.13. The van der Waals surface area contributed by atoms with Crippen molar-refractivity contribution in [3.8, 4) is 0 Å². The van der Waals surface area contributed by atoms with Crippen LogP contribution in [0.5, 0.6) is 0 Å². The molecule has 1 aliphatic rings. The maximum atomic E-state index is 12.5. The van der Waals surface area contributed by atoms with Crippen molar-refractivity contribution < 1.29 is 9.59 Å². The van der Waals surface area contributed by atoms with E-state index in [1.165, 1.54) is 11.3 Å². The number of carbonyl (C=O) groups is 2. The van der Waals surface area contributed by atoms with Crippen LogP contribution >= 0.6 is 22.7 Å². The van der Waals surface area contributed by atoms with Crippen molar-refractivity contribution >= 4 is 39.4 Å². The Morgan fingerprint density at radius 2 is 2.24 bits per heavy atom. The van der Waals surface area contributed by atoms with Crippen LogP contribution in [0.2, 0.25) is 0 Å². The van der Waals surface area contributed by atoms with Crippen LogP contribution in [0.15, 0.2) is 35.3 Å². The van der Waals surface area contributed by atoms with Crippen LogP contribution in [0.1, 0.15) is 28.2 Å². The zero-order valence-corrected chi connectivity index (χ0v) is 15.2. The molecule has 0 aromatic carbocycles. The lowest BCUT2D eigenvalue weighted by atomic mass is 9.93. The summed E-state index contributed by atoms with van der Waals surface area (Å²) >= 11 is 3.03. The molecule has 1 unspecified atom stereocenters. The molecule has 3 aromatic rings. The van der Waals surface area contributed by atoms with Crippen LogP contribution in [0, 0.1) is 5.92 Å². The summed E-state index contributed by atoms with van der Waals surface area (Å²) in [4.78, 5) is 32.9. The lowest BCUT2D eigenvalue weighted by molar-refractivity contribution is 0.0849. The number of nitrogens with zero attached hydrogens (tertiary/aromatic N) is 3. The van der Waals surface area contributed by atoms with Crippen molar-refractivity contribution in [1.82, 2.24) is 19.6 Å². The van der Waals surface area contributed by atoms with Crippen LogP contribution in [0.3, 0.4) is 0 Å². The first-order valence-corrected chi connectivity index (χ1v) is 9.98. The number of hydrogen-bond acceptors (Lipinski definition) is 5. The van der Waals surface area contributed by atoms with Gasteiger partial charge in [-0.3, -0.25) is 9.20 Å². The third-order valence-electron chi connectivity index (χ3n) is 4.41. The standard InChI is InChI=1S/C17H18N4O2S2/c22-15(14-4-2-7-24-14)12-3-1-5-20(10-12)16(23)18-9-13-11-21-6-8-25-17(21)19-13/h2,4,6-8,11-12H,1,3,5,9-10H2,(H,18,23). The van der Waals surface area contributed by atoms with Crippen molar-refractivity contribution in [2.45, 2.75) is 19.4 Å². The van der Waals surface area contributed by atoms with Crippen molar-refractivity contribution in [3.05, 3.63) is 45.9 Å². The molecule has 4 rings (SSSR count). The second-order valence-electron chi connectivity index (χ2n) is 6.11. The van der Waals surface area contributed by atoms with Gasteiger partial charge in [-0.15, -0.1) is 22.7 Å². The highest BCUT2D eigenvalue weighted by Gasteiger charge is 2.29. The number of piperidine rings is 1. The molecule has 0 radical (unpaired) electrons. The number of hydrogen-bond donors (Lipinski definition) is 1. The summed E-state index contributed by atoms with van der Waals surface area (Å²) in [5, 5.41) is 6.81. The molecule has 25 heavy (non-hydrogen) atoms. The van der Waals surface area contributed by atoms with Crippen molar-refractivity contribution in [2.24, 2.45) is 5.92 Å². The van der Waals surface area contributed by atoms with E-state index in [2.05, 4.69) is 10.3 Å². The van der Waals surface area contributed by atoms with E-state index in [4.69, 9.17) is 0 Å². The summed E-state index contributed by atoms with van der Waals surface area (Å²) < 4.78 is 1.95. The Morgan fingerprint density at radius 1 is 1.32 bits per heavy atom. The van der Waals surface area contributed by atoms with E-state index in [1.54, 1.807) is 16.2 Å². The first kappa shape index (κ1) is 16.3. The molecule has 130 valence electrons. The molecule has 1 aliphatic heterocycles. The van der Waals surface area contributed by atoms with Crippen LogP contribution in [0.25, 0.3) is 4.96 Å². The van der Waals surface area contributed by atoms with E-state index in [-0.39, 0.29) is 17.7 Å². The molecule has 6 nitrogen and oxygen atoms in total. The second kappa shape index (κ2) is 6.97. The molecule has 1 fully saturated rings. The van der Waals surface area contributed by atoms with Gasteiger partial charge in [0.1, 0.15) is 0 Å². The lowest BCUT2D eigenvalue weighted by Gasteiger charge is -2.31. The highest BCUT2D eigenvalue weighted by Crippen LogP contribution is 2.23. The molecule has 0 bridgehead atoms. The largest absolute Gasteiger partial charge is 0.332 e. The molecule has 4 heterocycles. The minimum atomic E-state index is -0.125. The van der Waals surface area contributed by atoms with Gasteiger partial charge >= 0.3 is 6.03 Å². The number of fused-ring (bicyclic) bond motifs is 1. The molecule has 0 spiro atoms. The third-order valence-corrected chi connectivity index (χ3v) is 6.06. The van der Waals surface area contributed by atoms with Crippen LogP contribution < -0.4 is 5.32 Å². The number of nitrogens with one attached hydrogen (secondary N) is 1. The normalized spacial score (nSPS) is 17.8. The van der Waals surface area contributed by atoms with E-state index in [0.29, 0.717) is 19.6 Å². The Hall–Kier alpha value is -2.19. The predicted octanol–water partition coefficient (Wildman–Crippen LogP) is 3.26. The van der Waals surface area contributed by atoms with Gasteiger partial charge in [0.15, 0.2) is 10.7 Å². The Kier molecular flexibility index (Phi) is 4.54. The maximum Gasteiger partial charge on any atom is 0.317 e. The molecule has 1 N–H and O–H groups in total. The van der Waals surface area contributed by atoms with Gasteiger partial charge in [-0.1, -0.05) is 6.07 Å². The van der Waals surface area contributed by atoms with Crippen molar-refractivity contribution in [2.75, 3.05) is 13.1 Å². The Balaban J connectivity index is 1.35. The minimum Gasteiger partial charge on any atom is -0.332 e. The number of urea groups is 1. The number of ketones is 1. The number of thiazole rings is 1. The summed E-state index contributed by atoms with van der Waals surface area (Å²) in [7, 11) is 0. The number of thiophene rings is 1. The molecule has 3 aromatic heterocycles. The molecule has 1 saturated heterocycles. The third kappa shape index (κ3) is 3.45. The molecule has 2 amide bonds. The zero-order chi connectivity index (χ0) is 17.2. The van der Waals surface area contributed by atoms with Crippen molar-refractivity contribution in [1.29, 1.82) is 0 Å². The topological polar surface area (TPSA) is 66.7 Å². The summed E-state index contributed by atoms with van der Waals surface area (Å²) in [6.07, 6.45) is 5.57. The highest BCUT2D eigenvalue weighted by molar-refractivity contribution is 7.15. The smallest absolute Gasteiger partial charge is 0.317 e. The number of aromatic nitrogens is 2. The van der Waals surface area contributed by atoms with E-state index in [0.717, 1.165) is 28.4 Å². The Bertz CT molecular complexity index is 855. The van der Waals surface area contributed by atoms with Gasteiger partial charge in [-0.05, 0) is 24.3 Å². The van der Waals surface area contributed by atoms with Crippen LogP contribution in [-0.2, 0) is 6.54 Å². The van der Waals surface area contributed by atoms with E-state index in [9.17, 15) is 9.59 Å². The van der Waals surface area contributed by atoms with E-state index < -0.39 is 0 Å². The summed E-state index contributed by atoms with van der Waals surface area (Å²) in [5.41, 5.74) is 0.837. The molecular weight excluding hydrogens is 356 g/mol. The predicted molar refractivity (Wildman–Crippen MR) is 98.3 cm³/mol. The number of Topliss-reactive ketones (excluding diaryl/α,β-unsaturated/α-hetero) is 1. The number of likely N-dealkylation sites (tertiary alicyclic amines) is 1. The van der Waals surface area contributed by atoms with Gasteiger partial charge in [0.2, 0.25) is 0 Å². The van der Waals surface area contributed by atoms with Gasteiger partial charge in [-0.2, -0.15) is 0 Å². The van der Waals surface area contributed by atoms with E-state index >= 15 is 0 Å². The van der Waals surface area contributed by atoms with E-state index in [1.807, 2.05) is 39.7 Å². The Labute approximate surface area is 153 Å². The number of rotatable bonds is 4. The lowest BCUT2D eigenvalue weighted by Crippen LogP contribution is -2.46. The molecular formula is C17H18N4O2S2. The Morgan fingerprint density at radius 3 is 3.04 bits per heavy atom. The van der Waals surface area contributed by atoms with Gasteiger partial charge in [0, 0.05) is 36.8 Å². The molecule has 1 atom stereocenters. The first-order valence-electron chi connectivity index (χ1n) is 8.22. The minimum absolute atomic E-state index is 0.101. The maximum absolute atomic E-state index is 12.5. The summed E-state index contributed by atoms with van der Waals surface area (Å²) in [5.74, 6) is 0.0536. The number of carbonyl (C=O) groups excluding carboxylic acids is 2. The molecule has 0 saturated carbocycles. The van der Waals surface area contributed by atoms with Gasteiger partial charge in [0.05, 0.1) is 17.1 Å². The van der Waals surface area contributed by atoms with Gasteiger partial charge in [-0.25, -0.2) is 9.78 Å². The average molecular weight is 374 g/mol. The SMILES string of the molecule is O=C(c1cccs1)C1CCCN(C(=O)NCc2cn3ccsc3n2)C1. The first-order chi connectivity index (χ1) is 12.2. The van der Waals surface area contributed by atoms with Gasteiger partial charge < -0.3 is 10.2 Å².